The van der Waals surface area contributed by atoms with Crippen LogP contribution in [0.3, 0.4) is 0 Å². The molecular weight excluding hydrogens is 410 g/mol. The minimum absolute atomic E-state index is 0.693. The number of allylic oxidation sites excluding steroid dienone is 5. The van der Waals surface area contributed by atoms with E-state index in [1.165, 1.54) is 5.57 Å². The third-order valence-corrected chi connectivity index (χ3v) is 5.33. The van der Waals surface area contributed by atoms with Crippen molar-refractivity contribution in [2.75, 3.05) is 24.3 Å². The van der Waals surface area contributed by atoms with Crippen LogP contribution in [0.25, 0.3) is 23.0 Å². The molecule has 3 aromatic heterocycles. The Hall–Kier alpha value is -4.13. The zero-order valence-electron chi connectivity index (χ0n) is 19.4. The average Bonchev–Trinajstić information content (AvgIpc) is 3.47. The van der Waals surface area contributed by atoms with Gasteiger partial charge >= 0.3 is 0 Å². The molecule has 2 N–H and O–H groups in total. The van der Waals surface area contributed by atoms with Gasteiger partial charge in [0.05, 0.1) is 17.6 Å². The number of anilines is 3. The van der Waals surface area contributed by atoms with E-state index < -0.39 is 0 Å². The van der Waals surface area contributed by atoms with Crippen molar-refractivity contribution in [2.45, 2.75) is 20.3 Å². The van der Waals surface area contributed by atoms with Crippen molar-refractivity contribution >= 4 is 28.9 Å². The van der Waals surface area contributed by atoms with Crippen LogP contribution in [0.2, 0.25) is 0 Å². The molecular formula is C26H29N7. The second kappa shape index (κ2) is 9.99. The Labute approximate surface area is 194 Å². The predicted octanol–water partition coefficient (Wildman–Crippen LogP) is 5.85. The molecule has 0 radical (unpaired) electrons. The van der Waals surface area contributed by atoms with E-state index in [2.05, 4.69) is 73.2 Å². The Balaban J connectivity index is 1.80. The molecule has 0 fully saturated rings. The number of imidazole rings is 1. The number of rotatable bonds is 8. The standard InChI is InChI=1S/C26H29N7/c1-5-7-9-19(6-2)12-13-23-24(20-17-28-29-18-20)33-15-14-27-25(26(33)31-23)30-21-10-8-11-22(16-21)32(3)4/h5,7-18H,6H2,1-4H3,(H,27,30)(H,28,29)/b7-5-,13-12+,19-9-. The van der Waals surface area contributed by atoms with Gasteiger partial charge in [0, 0.05) is 49.6 Å². The van der Waals surface area contributed by atoms with E-state index in [0.717, 1.165) is 40.4 Å². The summed E-state index contributed by atoms with van der Waals surface area (Å²) in [6, 6.07) is 8.21. The number of nitrogens with one attached hydrogen (secondary N) is 2. The fraction of sp³-hybridized carbons (Fsp3) is 0.192. The molecule has 4 rings (SSSR count). The Kier molecular flexibility index (Phi) is 6.69. The van der Waals surface area contributed by atoms with Crippen LogP contribution in [0, 0.1) is 0 Å². The van der Waals surface area contributed by atoms with Crippen molar-refractivity contribution in [1.29, 1.82) is 0 Å². The summed E-state index contributed by atoms with van der Waals surface area (Å²) in [4.78, 5) is 11.6. The predicted molar refractivity (Wildman–Crippen MR) is 137 cm³/mol. The van der Waals surface area contributed by atoms with Gasteiger partial charge in [0.15, 0.2) is 11.5 Å². The third-order valence-electron chi connectivity index (χ3n) is 5.33. The third kappa shape index (κ3) is 4.87. The van der Waals surface area contributed by atoms with Crippen molar-refractivity contribution in [3.05, 3.63) is 84.6 Å². The zero-order valence-corrected chi connectivity index (χ0v) is 19.4. The SMILES string of the molecule is C\C=C/C=C(\C=C\c1nc2c(Nc3cccc(N(C)C)c3)nccn2c1-c1cn[nH]c1)CC. The highest BCUT2D eigenvalue weighted by molar-refractivity contribution is 5.80. The molecule has 0 aliphatic rings. The van der Waals surface area contributed by atoms with E-state index in [0.29, 0.717) is 5.82 Å². The summed E-state index contributed by atoms with van der Waals surface area (Å²) in [6.45, 7) is 4.16. The molecule has 1 aromatic carbocycles. The molecule has 7 nitrogen and oxygen atoms in total. The summed E-state index contributed by atoms with van der Waals surface area (Å²) in [5.41, 5.74) is 6.81. The van der Waals surface area contributed by atoms with E-state index in [1.54, 1.807) is 6.20 Å². The lowest BCUT2D eigenvalue weighted by molar-refractivity contribution is 1.09. The maximum absolute atomic E-state index is 4.96. The van der Waals surface area contributed by atoms with Gasteiger partial charge in [-0.05, 0) is 43.2 Å². The zero-order chi connectivity index (χ0) is 23.2. The molecule has 0 bridgehead atoms. The van der Waals surface area contributed by atoms with Crippen LogP contribution in [0.4, 0.5) is 17.2 Å². The number of aromatic amines is 1. The molecule has 0 aliphatic heterocycles. The van der Waals surface area contributed by atoms with Crippen LogP contribution >= 0.6 is 0 Å². The molecule has 0 saturated heterocycles. The van der Waals surface area contributed by atoms with Crippen LogP contribution in [0.15, 0.2) is 78.9 Å². The van der Waals surface area contributed by atoms with Crippen molar-refractivity contribution in [2.24, 2.45) is 0 Å². The van der Waals surface area contributed by atoms with Gasteiger partial charge in [-0.25, -0.2) is 9.97 Å². The number of hydrogen-bond donors (Lipinski definition) is 2. The van der Waals surface area contributed by atoms with Crippen LogP contribution in [0.5, 0.6) is 0 Å². The van der Waals surface area contributed by atoms with E-state index in [1.807, 2.05) is 57.8 Å². The van der Waals surface area contributed by atoms with Crippen LogP contribution in [-0.2, 0) is 0 Å². The maximum atomic E-state index is 4.96. The fourth-order valence-electron chi connectivity index (χ4n) is 3.56. The summed E-state index contributed by atoms with van der Waals surface area (Å²) in [7, 11) is 4.05. The first-order valence-electron chi connectivity index (χ1n) is 11.0. The molecule has 0 amide bonds. The van der Waals surface area contributed by atoms with Gasteiger partial charge in [0.1, 0.15) is 0 Å². The van der Waals surface area contributed by atoms with Gasteiger partial charge in [-0.1, -0.05) is 37.3 Å². The minimum Gasteiger partial charge on any atom is -0.378 e. The number of benzene rings is 1. The monoisotopic (exact) mass is 439 g/mol. The molecule has 0 saturated carbocycles. The summed E-state index contributed by atoms with van der Waals surface area (Å²) in [5.74, 6) is 0.693. The molecule has 7 heteroatoms. The van der Waals surface area contributed by atoms with Gasteiger partial charge in [-0.3, -0.25) is 9.50 Å². The molecule has 3 heterocycles. The van der Waals surface area contributed by atoms with Crippen LogP contribution in [0.1, 0.15) is 26.0 Å². The normalized spacial score (nSPS) is 12.3. The molecule has 0 atom stereocenters. The van der Waals surface area contributed by atoms with Crippen molar-refractivity contribution in [3.8, 4) is 11.3 Å². The lowest BCUT2D eigenvalue weighted by Crippen LogP contribution is -2.08. The Bertz CT molecular complexity index is 1310. The largest absolute Gasteiger partial charge is 0.378 e. The van der Waals surface area contributed by atoms with Crippen molar-refractivity contribution in [3.63, 3.8) is 0 Å². The van der Waals surface area contributed by atoms with Crippen molar-refractivity contribution < 1.29 is 0 Å². The Morgan fingerprint density at radius 3 is 2.88 bits per heavy atom. The number of hydrogen-bond acceptors (Lipinski definition) is 5. The molecule has 4 aromatic rings. The van der Waals surface area contributed by atoms with E-state index in [4.69, 9.17) is 4.98 Å². The summed E-state index contributed by atoms with van der Waals surface area (Å²) >= 11 is 0. The van der Waals surface area contributed by atoms with Gasteiger partial charge in [0.2, 0.25) is 0 Å². The fourth-order valence-corrected chi connectivity index (χ4v) is 3.56. The Morgan fingerprint density at radius 2 is 2.15 bits per heavy atom. The molecule has 0 unspecified atom stereocenters. The smallest absolute Gasteiger partial charge is 0.181 e. The van der Waals surface area contributed by atoms with Gasteiger partial charge in [-0.2, -0.15) is 5.10 Å². The van der Waals surface area contributed by atoms with Crippen molar-refractivity contribution in [1.82, 2.24) is 24.6 Å². The van der Waals surface area contributed by atoms with E-state index in [-0.39, 0.29) is 0 Å². The van der Waals surface area contributed by atoms with Gasteiger partial charge in [0.25, 0.3) is 0 Å². The summed E-state index contributed by atoms with van der Waals surface area (Å²) in [5, 5.41) is 10.5. The second-order valence-electron chi connectivity index (χ2n) is 7.83. The average molecular weight is 440 g/mol. The highest BCUT2D eigenvalue weighted by atomic mass is 15.1. The van der Waals surface area contributed by atoms with Gasteiger partial charge < -0.3 is 10.2 Å². The highest BCUT2D eigenvalue weighted by Gasteiger charge is 2.16. The highest BCUT2D eigenvalue weighted by Crippen LogP contribution is 2.30. The number of fused-ring (bicyclic) bond motifs is 1. The number of H-pyrrole nitrogens is 1. The molecule has 168 valence electrons. The minimum atomic E-state index is 0.693. The van der Waals surface area contributed by atoms with E-state index >= 15 is 0 Å². The second-order valence-corrected chi connectivity index (χ2v) is 7.83. The molecule has 0 aliphatic carbocycles. The lowest BCUT2D eigenvalue weighted by atomic mass is 10.1. The topological polar surface area (TPSA) is 74.1 Å². The van der Waals surface area contributed by atoms with E-state index in [9.17, 15) is 0 Å². The number of nitrogens with zero attached hydrogens (tertiary/aromatic N) is 5. The first-order valence-corrected chi connectivity index (χ1v) is 11.0. The summed E-state index contributed by atoms with van der Waals surface area (Å²) < 4.78 is 2.05. The van der Waals surface area contributed by atoms with Crippen LogP contribution in [-0.4, -0.2) is 38.7 Å². The number of aromatic nitrogens is 5. The maximum Gasteiger partial charge on any atom is 0.181 e. The van der Waals surface area contributed by atoms with Gasteiger partial charge in [-0.15, -0.1) is 0 Å². The quantitative estimate of drug-likeness (QED) is 0.337. The molecule has 33 heavy (non-hydrogen) atoms. The van der Waals surface area contributed by atoms with Crippen LogP contribution < -0.4 is 10.2 Å². The molecule has 0 spiro atoms. The lowest BCUT2D eigenvalue weighted by Gasteiger charge is -2.14. The first kappa shape index (κ1) is 22.1. The first-order chi connectivity index (χ1) is 16.1. The summed E-state index contributed by atoms with van der Waals surface area (Å²) in [6.07, 6.45) is 18.7. The Morgan fingerprint density at radius 1 is 1.27 bits per heavy atom.